The van der Waals surface area contributed by atoms with Crippen molar-refractivity contribution in [3.8, 4) is 0 Å². The van der Waals surface area contributed by atoms with E-state index in [0.717, 1.165) is 0 Å². The molecule has 0 unspecified atom stereocenters. The number of carboxylic acid groups (broad SMARTS) is 1. The first-order chi connectivity index (χ1) is 8.52. The van der Waals surface area contributed by atoms with Gasteiger partial charge in [-0.25, -0.2) is 4.39 Å². The van der Waals surface area contributed by atoms with Crippen molar-refractivity contribution in [2.45, 2.75) is 19.4 Å². The Morgan fingerprint density at radius 1 is 1.39 bits per heavy atom. The number of amides is 1. The van der Waals surface area contributed by atoms with E-state index in [9.17, 15) is 19.1 Å². The molecular weight excluding hydrogens is 239 g/mol. The van der Waals surface area contributed by atoms with Crippen LogP contribution in [0.25, 0.3) is 0 Å². The van der Waals surface area contributed by atoms with Gasteiger partial charge >= 0.3 is 0 Å². The molecule has 0 aliphatic heterocycles. The van der Waals surface area contributed by atoms with Crippen LogP contribution in [0, 0.1) is 5.82 Å². The van der Waals surface area contributed by atoms with E-state index < -0.39 is 23.7 Å². The number of hydrogen-bond acceptors (Lipinski definition) is 3. The molecule has 0 fully saturated rings. The van der Waals surface area contributed by atoms with E-state index in [-0.39, 0.29) is 6.42 Å². The highest BCUT2D eigenvalue weighted by Gasteiger charge is 2.17. The summed E-state index contributed by atoms with van der Waals surface area (Å²) in [6.07, 6.45) is -0.187. The van der Waals surface area contributed by atoms with Crippen molar-refractivity contribution in [1.29, 1.82) is 0 Å². The molecular formula is C12H15FN2O3. The zero-order chi connectivity index (χ0) is 13.5. The molecule has 0 bridgehead atoms. The predicted octanol–water partition coefficient (Wildman–Crippen LogP) is -1.14. The number of rotatable bonds is 6. The summed E-state index contributed by atoms with van der Waals surface area (Å²) in [4.78, 5) is 22.3. The molecule has 6 heteroatoms. The number of hydrogen-bond donors (Lipinski definition) is 2. The number of likely N-dealkylation sites (N-methyl/N-ethyl adjacent to an activating group) is 1. The average Bonchev–Trinajstić information content (AvgIpc) is 2.31. The molecule has 1 rings (SSSR count). The lowest BCUT2D eigenvalue weighted by Crippen LogP contribution is -2.93. The number of aliphatic carboxylic acids is 1. The molecule has 0 aromatic heterocycles. The normalized spacial score (nSPS) is 11.9. The van der Waals surface area contributed by atoms with Crippen LogP contribution in [0.5, 0.6) is 0 Å². The van der Waals surface area contributed by atoms with Crippen molar-refractivity contribution in [1.82, 2.24) is 0 Å². The molecule has 0 radical (unpaired) electrons. The summed E-state index contributed by atoms with van der Waals surface area (Å²) in [5.74, 6) is -2.12. The second-order valence-corrected chi connectivity index (χ2v) is 3.83. The standard InChI is InChI=1S/C12H15FN2O3/c1-2-14-10(12(17)18)7-11(16)15-9-5-3-8(13)4-6-9/h3-6,10,14H,2,7H2,1H3,(H,15,16)(H,17,18)/t10-/m1/s1. The van der Waals surface area contributed by atoms with Gasteiger partial charge in [-0.05, 0) is 31.2 Å². The van der Waals surface area contributed by atoms with Gasteiger partial charge in [-0.2, -0.15) is 0 Å². The summed E-state index contributed by atoms with van der Waals surface area (Å²) in [6.45, 7) is 2.33. The highest BCUT2D eigenvalue weighted by molar-refractivity contribution is 5.93. The summed E-state index contributed by atoms with van der Waals surface area (Å²) in [5.41, 5.74) is 0.426. The molecule has 1 atom stereocenters. The van der Waals surface area contributed by atoms with Crippen molar-refractivity contribution in [3.05, 3.63) is 30.1 Å². The van der Waals surface area contributed by atoms with E-state index in [1.54, 1.807) is 6.92 Å². The number of quaternary nitrogens is 1. The Bertz CT molecular complexity index is 420. The summed E-state index contributed by atoms with van der Waals surface area (Å²) in [6, 6.07) is 4.33. The van der Waals surface area contributed by atoms with Crippen molar-refractivity contribution < 1.29 is 24.4 Å². The molecule has 1 aromatic rings. The molecule has 0 saturated carbocycles. The Morgan fingerprint density at radius 3 is 2.50 bits per heavy atom. The number of carbonyl (C=O) groups excluding carboxylic acids is 2. The van der Waals surface area contributed by atoms with Gasteiger partial charge in [-0.1, -0.05) is 0 Å². The fourth-order valence-electron chi connectivity index (χ4n) is 1.49. The van der Waals surface area contributed by atoms with Crippen molar-refractivity contribution in [2.24, 2.45) is 0 Å². The van der Waals surface area contributed by atoms with Gasteiger partial charge in [-0.15, -0.1) is 0 Å². The zero-order valence-corrected chi connectivity index (χ0v) is 9.98. The third-order valence-corrected chi connectivity index (χ3v) is 2.36. The monoisotopic (exact) mass is 254 g/mol. The van der Waals surface area contributed by atoms with E-state index in [2.05, 4.69) is 5.32 Å². The van der Waals surface area contributed by atoms with Gasteiger partial charge in [0.05, 0.1) is 18.9 Å². The molecule has 0 spiro atoms. The van der Waals surface area contributed by atoms with Crippen molar-refractivity contribution >= 4 is 17.6 Å². The molecule has 1 aromatic carbocycles. The number of carbonyl (C=O) groups is 2. The van der Waals surface area contributed by atoms with Crippen molar-refractivity contribution in [2.75, 3.05) is 11.9 Å². The molecule has 0 saturated heterocycles. The highest BCUT2D eigenvalue weighted by Crippen LogP contribution is 2.08. The lowest BCUT2D eigenvalue weighted by Gasteiger charge is -2.15. The molecule has 0 aliphatic rings. The first-order valence-corrected chi connectivity index (χ1v) is 5.62. The van der Waals surface area contributed by atoms with Crippen LogP contribution in [0.2, 0.25) is 0 Å². The quantitative estimate of drug-likeness (QED) is 0.672. The molecule has 98 valence electrons. The maximum atomic E-state index is 12.6. The minimum absolute atomic E-state index is 0.187. The molecule has 0 aliphatic carbocycles. The van der Waals surface area contributed by atoms with Gasteiger partial charge in [-0.3, -0.25) is 4.79 Å². The minimum Gasteiger partial charge on any atom is -0.544 e. The first-order valence-electron chi connectivity index (χ1n) is 5.62. The van der Waals surface area contributed by atoms with Crippen LogP contribution in [-0.2, 0) is 9.59 Å². The maximum absolute atomic E-state index is 12.6. The number of carboxylic acids is 1. The fourth-order valence-corrected chi connectivity index (χ4v) is 1.49. The minimum atomic E-state index is -1.27. The van der Waals surface area contributed by atoms with Crippen LogP contribution in [0.4, 0.5) is 10.1 Å². The van der Waals surface area contributed by atoms with E-state index in [1.165, 1.54) is 29.6 Å². The van der Waals surface area contributed by atoms with E-state index >= 15 is 0 Å². The molecule has 18 heavy (non-hydrogen) atoms. The number of nitrogens with two attached hydrogens (primary N) is 1. The smallest absolute Gasteiger partial charge is 0.230 e. The summed E-state index contributed by atoms with van der Waals surface area (Å²) in [5, 5.41) is 14.8. The van der Waals surface area contributed by atoms with Crippen LogP contribution in [0.15, 0.2) is 24.3 Å². The predicted molar refractivity (Wildman–Crippen MR) is 60.9 cm³/mol. The Labute approximate surface area is 104 Å². The van der Waals surface area contributed by atoms with Crippen LogP contribution < -0.4 is 15.7 Å². The van der Waals surface area contributed by atoms with Gasteiger partial charge in [0.2, 0.25) is 5.91 Å². The van der Waals surface area contributed by atoms with Crippen LogP contribution in [-0.4, -0.2) is 24.5 Å². The fraction of sp³-hybridized carbons (Fsp3) is 0.333. The summed E-state index contributed by atoms with van der Waals surface area (Å²) < 4.78 is 12.6. The zero-order valence-electron chi connectivity index (χ0n) is 9.98. The van der Waals surface area contributed by atoms with Gasteiger partial charge < -0.3 is 20.5 Å². The van der Waals surface area contributed by atoms with E-state index in [4.69, 9.17) is 0 Å². The van der Waals surface area contributed by atoms with Gasteiger partial charge in [0.25, 0.3) is 0 Å². The number of benzene rings is 1. The van der Waals surface area contributed by atoms with Gasteiger partial charge in [0, 0.05) is 5.69 Å². The first kappa shape index (κ1) is 14.1. The summed E-state index contributed by atoms with van der Waals surface area (Å²) in [7, 11) is 0. The van der Waals surface area contributed by atoms with Crippen LogP contribution in [0.3, 0.4) is 0 Å². The van der Waals surface area contributed by atoms with Crippen LogP contribution in [0.1, 0.15) is 13.3 Å². The van der Waals surface area contributed by atoms with Crippen molar-refractivity contribution in [3.63, 3.8) is 0 Å². The third kappa shape index (κ3) is 4.50. The second-order valence-electron chi connectivity index (χ2n) is 3.83. The molecule has 1 amide bonds. The van der Waals surface area contributed by atoms with E-state index in [0.29, 0.717) is 12.2 Å². The topological polar surface area (TPSA) is 85.8 Å². The Hall–Kier alpha value is -1.95. The van der Waals surface area contributed by atoms with Gasteiger partial charge in [0.15, 0.2) is 0 Å². The van der Waals surface area contributed by atoms with E-state index in [1.807, 2.05) is 0 Å². The Morgan fingerprint density at radius 2 is 2.00 bits per heavy atom. The lowest BCUT2D eigenvalue weighted by molar-refractivity contribution is -0.679. The number of halogens is 1. The largest absolute Gasteiger partial charge is 0.544 e. The van der Waals surface area contributed by atoms with Crippen LogP contribution >= 0.6 is 0 Å². The number of nitrogens with one attached hydrogen (secondary N) is 1. The average molecular weight is 254 g/mol. The Kier molecular flexibility index (Phi) is 5.26. The lowest BCUT2D eigenvalue weighted by atomic mass is 10.2. The van der Waals surface area contributed by atoms with Gasteiger partial charge in [0.1, 0.15) is 11.9 Å². The third-order valence-electron chi connectivity index (χ3n) is 2.36. The molecule has 0 heterocycles. The highest BCUT2D eigenvalue weighted by atomic mass is 19.1. The number of anilines is 1. The SMILES string of the molecule is CC[NH2+][C@H](CC(=O)Nc1ccc(F)cc1)C(=O)[O-]. The second kappa shape index (κ2) is 6.70. The molecule has 5 nitrogen and oxygen atoms in total. The Balaban J connectivity index is 2.54. The molecule has 3 N–H and O–H groups in total. The summed E-state index contributed by atoms with van der Waals surface area (Å²) >= 11 is 0. The maximum Gasteiger partial charge on any atom is 0.230 e.